The van der Waals surface area contributed by atoms with Gasteiger partial charge in [0.1, 0.15) is 16.3 Å². The minimum Gasteiger partial charge on any atom is -0.342 e. The van der Waals surface area contributed by atoms with Crippen molar-refractivity contribution in [2.75, 3.05) is 13.6 Å². The summed E-state index contributed by atoms with van der Waals surface area (Å²) in [6.45, 7) is 2.06. The molecular formula is C11H11BrClF2NO3S. The first-order valence-electron chi connectivity index (χ1n) is 5.48. The summed E-state index contributed by atoms with van der Waals surface area (Å²) in [6.07, 6.45) is 0.586. The summed E-state index contributed by atoms with van der Waals surface area (Å²) in [4.78, 5) is 12.1. The normalized spacial score (nSPS) is 11.5. The second kappa shape index (κ2) is 6.36. The van der Waals surface area contributed by atoms with Crippen LogP contribution in [0.5, 0.6) is 0 Å². The Hall–Kier alpha value is -0.730. The Kier molecular flexibility index (Phi) is 5.51. The molecule has 0 radical (unpaired) electrons. The number of benzene rings is 1. The van der Waals surface area contributed by atoms with E-state index in [1.54, 1.807) is 6.92 Å². The van der Waals surface area contributed by atoms with Crippen molar-refractivity contribution in [2.45, 2.75) is 18.2 Å². The molecule has 0 heterocycles. The fraction of sp³-hybridized carbons (Fsp3) is 0.364. The van der Waals surface area contributed by atoms with Gasteiger partial charge in [0, 0.05) is 28.7 Å². The quantitative estimate of drug-likeness (QED) is 0.742. The van der Waals surface area contributed by atoms with E-state index < -0.39 is 37.1 Å². The molecule has 0 aliphatic rings. The van der Waals surface area contributed by atoms with Crippen LogP contribution in [0.3, 0.4) is 0 Å². The zero-order valence-corrected chi connectivity index (χ0v) is 13.7. The highest BCUT2D eigenvalue weighted by molar-refractivity contribution is 9.10. The van der Waals surface area contributed by atoms with Gasteiger partial charge in [-0.15, -0.1) is 0 Å². The molecule has 20 heavy (non-hydrogen) atoms. The van der Waals surface area contributed by atoms with Crippen molar-refractivity contribution in [3.8, 4) is 0 Å². The smallest absolute Gasteiger partial charge is 0.265 e. The third kappa shape index (κ3) is 3.48. The van der Waals surface area contributed by atoms with E-state index in [0.29, 0.717) is 12.5 Å². The Morgan fingerprint density at radius 3 is 2.45 bits per heavy atom. The maximum Gasteiger partial charge on any atom is 0.265 e. The molecule has 1 aromatic rings. The molecule has 0 N–H and O–H groups in total. The van der Waals surface area contributed by atoms with Gasteiger partial charge in [0.15, 0.2) is 5.82 Å². The number of rotatable bonds is 4. The zero-order valence-electron chi connectivity index (χ0n) is 10.6. The van der Waals surface area contributed by atoms with Crippen LogP contribution in [0.25, 0.3) is 0 Å². The summed E-state index contributed by atoms with van der Waals surface area (Å²) in [5, 5.41) is 0. The van der Waals surface area contributed by atoms with Gasteiger partial charge >= 0.3 is 0 Å². The van der Waals surface area contributed by atoms with E-state index in [-0.39, 0.29) is 11.0 Å². The molecule has 0 atom stereocenters. The van der Waals surface area contributed by atoms with E-state index in [9.17, 15) is 22.0 Å². The zero-order chi connectivity index (χ0) is 15.7. The van der Waals surface area contributed by atoms with Crippen LogP contribution in [0, 0.1) is 11.6 Å². The Labute approximate surface area is 128 Å². The standard InChI is InChI=1S/C11H11BrClF2NO3S/c1-3-4-16(2)11(17)8-7(14)5-6(12)10(9(8)15)20(13,18)19/h5H,3-4H2,1-2H3. The maximum atomic E-state index is 14.2. The molecule has 1 amide bonds. The molecule has 0 saturated carbocycles. The average Bonchev–Trinajstić information content (AvgIpc) is 2.25. The summed E-state index contributed by atoms with van der Waals surface area (Å²) in [7, 11) is 1.99. The average molecular weight is 391 g/mol. The van der Waals surface area contributed by atoms with Crippen molar-refractivity contribution in [3.05, 3.63) is 27.7 Å². The fourth-order valence-electron chi connectivity index (χ4n) is 1.62. The van der Waals surface area contributed by atoms with Gasteiger partial charge < -0.3 is 4.90 Å². The van der Waals surface area contributed by atoms with Crippen molar-refractivity contribution in [1.29, 1.82) is 0 Å². The van der Waals surface area contributed by atoms with E-state index in [1.165, 1.54) is 7.05 Å². The van der Waals surface area contributed by atoms with E-state index in [2.05, 4.69) is 15.9 Å². The van der Waals surface area contributed by atoms with Gasteiger partial charge in [0.2, 0.25) is 0 Å². The highest BCUT2D eigenvalue weighted by Gasteiger charge is 2.30. The Bertz CT molecular complexity index is 652. The number of nitrogens with zero attached hydrogens (tertiary/aromatic N) is 1. The molecule has 0 saturated heterocycles. The second-order valence-corrected chi connectivity index (χ2v) is 7.38. The van der Waals surface area contributed by atoms with E-state index in [1.807, 2.05) is 0 Å². The van der Waals surface area contributed by atoms with Gasteiger partial charge in [0.05, 0.1) is 0 Å². The molecule has 0 unspecified atom stereocenters. The maximum absolute atomic E-state index is 14.2. The third-order valence-electron chi connectivity index (χ3n) is 2.49. The molecule has 0 fully saturated rings. The van der Waals surface area contributed by atoms with Crippen LogP contribution in [0.1, 0.15) is 23.7 Å². The number of amides is 1. The SMILES string of the molecule is CCCN(C)C(=O)c1c(F)cc(Br)c(S(=O)(=O)Cl)c1F. The minimum absolute atomic E-state index is 0.275. The number of halogens is 4. The Morgan fingerprint density at radius 2 is 2.00 bits per heavy atom. The summed E-state index contributed by atoms with van der Waals surface area (Å²) in [6, 6.07) is 0.700. The van der Waals surface area contributed by atoms with Crippen molar-refractivity contribution >= 4 is 41.6 Å². The van der Waals surface area contributed by atoms with E-state index in [4.69, 9.17) is 10.7 Å². The predicted octanol–water partition coefficient (Wildman–Crippen LogP) is 3.14. The van der Waals surface area contributed by atoms with Crippen LogP contribution >= 0.6 is 26.6 Å². The van der Waals surface area contributed by atoms with Crippen LogP contribution in [0.4, 0.5) is 8.78 Å². The van der Waals surface area contributed by atoms with Gasteiger partial charge in [0.25, 0.3) is 15.0 Å². The number of carbonyl (C=O) groups is 1. The lowest BCUT2D eigenvalue weighted by Gasteiger charge is -2.18. The topological polar surface area (TPSA) is 54.5 Å². The molecule has 0 aliphatic carbocycles. The Balaban J connectivity index is 3.53. The lowest BCUT2D eigenvalue weighted by atomic mass is 10.1. The fourth-order valence-corrected chi connectivity index (χ4v) is 3.97. The summed E-state index contributed by atoms with van der Waals surface area (Å²) in [5.74, 6) is -3.61. The third-order valence-corrected chi connectivity index (χ3v) is 4.73. The molecule has 112 valence electrons. The van der Waals surface area contributed by atoms with Crippen LogP contribution in [0.2, 0.25) is 0 Å². The van der Waals surface area contributed by atoms with Gasteiger partial charge in [-0.1, -0.05) is 6.92 Å². The molecule has 0 spiro atoms. The summed E-state index contributed by atoms with van der Waals surface area (Å²) < 4.78 is 50.2. The predicted molar refractivity (Wildman–Crippen MR) is 74.3 cm³/mol. The molecule has 0 aliphatic heterocycles. The first-order valence-corrected chi connectivity index (χ1v) is 8.59. The van der Waals surface area contributed by atoms with Crippen molar-refractivity contribution < 1.29 is 22.0 Å². The minimum atomic E-state index is -4.46. The first kappa shape index (κ1) is 17.3. The Morgan fingerprint density at radius 1 is 1.45 bits per heavy atom. The molecule has 0 bridgehead atoms. The molecule has 4 nitrogen and oxygen atoms in total. The molecule has 1 aromatic carbocycles. The van der Waals surface area contributed by atoms with Gasteiger partial charge in [-0.25, -0.2) is 17.2 Å². The van der Waals surface area contributed by atoms with Gasteiger partial charge in [-0.2, -0.15) is 0 Å². The van der Waals surface area contributed by atoms with Crippen LogP contribution < -0.4 is 0 Å². The molecular weight excluding hydrogens is 380 g/mol. The highest BCUT2D eigenvalue weighted by Crippen LogP contribution is 2.32. The summed E-state index contributed by atoms with van der Waals surface area (Å²) >= 11 is 2.72. The van der Waals surface area contributed by atoms with E-state index >= 15 is 0 Å². The molecule has 0 aromatic heterocycles. The largest absolute Gasteiger partial charge is 0.342 e. The number of hydrogen-bond donors (Lipinski definition) is 0. The second-order valence-electron chi connectivity index (χ2n) is 4.02. The van der Waals surface area contributed by atoms with Crippen LogP contribution in [-0.4, -0.2) is 32.8 Å². The van der Waals surface area contributed by atoms with Gasteiger partial charge in [-0.3, -0.25) is 4.79 Å². The molecule has 9 heteroatoms. The van der Waals surface area contributed by atoms with E-state index in [0.717, 1.165) is 4.90 Å². The van der Waals surface area contributed by atoms with Crippen molar-refractivity contribution in [1.82, 2.24) is 4.90 Å². The summed E-state index contributed by atoms with van der Waals surface area (Å²) in [5.41, 5.74) is -0.941. The monoisotopic (exact) mass is 389 g/mol. The van der Waals surface area contributed by atoms with Gasteiger partial charge in [-0.05, 0) is 28.4 Å². The number of carbonyl (C=O) groups excluding carboxylic acids is 1. The lowest BCUT2D eigenvalue weighted by molar-refractivity contribution is 0.0784. The van der Waals surface area contributed by atoms with Crippen molar-refractivity contribution in [2.24, 2.45) is 0 Å². The lowest BCUT2D eigenvalue weighted by Crippen LogP contribution is -2.29. The van der Waals surface area contributed by atoms with Crippen LogP contribution in [0.15, 0.2) is 15.4 Å². The van der Waals surface area contributed by atoms with Crippen molar-refractivity contribution in [3.63, 3.8) is 0 Å². The first-order chi connectivity index (χ1) is 9.11. The van der Waals surface area contributed by atoms with Crippen LogP contribution in [-0.2, 0) is 9.05 Å². The number of hydrogen-bond acceptors (Lipinski definition) is 3. The highest BCUT2D eigenvalue weighted by atomic mass is 79.9. The molecule has 1 rings (SSSR count).